The second kappa shape index (κ2) is 12.0. The molecule has 1 aliphatic heterocycles. The first-order valence-corrected chi connectivity index (χ1v) is 12.5. The molecular formula is C24H30N2O7S. The third-order valence-corrected chi connectivity index (χ3v) is 7.33. The predicted octanol–water partition coefficient (Wildman–Crippen LogP) is 1.93. The molecule has 9 nitrogen and oxygen atoms in total. The molecule has 1 aliphatic rings. The molecule has 2 aromatic carbocycles. The number of amides is 1. The maximum Gasteiger partial charge on any atom is 0.338 e. The molecule has 34 heavy (non-hydrogen) atoms. The number of aryl methyl sites for hydroxylation is 2. The van der Waals surface area contributed by atoms with Gasteiger partial charge in [-0.05, 0) is 37.1 Å². The first kappa shape index (κ1) is 25.7. The molecule has 3 rings (SSSR count). The largest absolute Gasteiger partial charge is 0.495 e. The first-order valence-electron chi connectivity index (χ1n) is 11.1. The molecule has 10 heteroatoms. The van der Waals surface area contributed by atoms with E-state index in [4.69, 9.17) is 14.2 Å². The van der Waals surface area contributed by atoms with E-state index in [0.717, 1.165) is 11.1 Å². The van der Waals surface area contributed by atoms with Gasteiger partial charge in [0.05, 0.1) is 32.4 Å². The van der Waals surface area contributed by atoms with Gasteiger partial charge in [-0.25, -0.2) is 13.2 Å². The molecule has 1 amide bonds. The van der Waals surface area contributed by atoms with Crippen LogP contribution in [0.1, 0.15) is 27.9 Å². The Balaban J connectivity index is 1.52. The molecule has 1 heterocycles. The summed E-state index contributed by atoms with van der Waals surface area (Å²) >= 11 is 0. The van der Waals surface area contributed by atoms with Crippen molar-refractivity contribution >= 4 is 21.9 Å². The van der Waals surface area contributed by atoms with Crippen LogP contribution in [0.3, 0.4) is 0 Å². The number of morpholine rings is 1. The van der Waals surface area contributed by atoms with Gasteiger partial charge >= 0.3 is 5.97 Å². The molecule has 0 unspecified atom stereocenters. The van der Waals surface area contributed by atoms with Crippen LogP contribution in [0.5, 0.6) is 5.75 Å². The normalized spacial score (nSPS) is 14.4. The van der Waals surface area contributed by atoms with E-state index in [1.54, 1.807) is 0 Å². The van der Waals surface area contributed by atoms with Crippen molar-refractivity contribution in [3.63, 3.8) is 0 Å². The fourth-order valence-corrected chi connectivity index (χ4v) is 5.04. The number of hydrogen-bond donors (Lipinski definition) is 1. The van der Waals surface area contributed by atoms with Crippen LogP contribution in [0.4, 0.5) is 0 Å². The maximum absolute atomic E-state index is 13.0. The molecule has 1 N–H and O–H groups in total. The van der Waals surface area contributed by atoms with Crippen molar-refractivity contribution in [2.24, 2.45) is 0 Å². The summed E-state index contributed by atoms with van der Waals surface area (Å²) in [5.74, 6) is -0.682. The van der Waals surface area contributed by atoms with Crippen molar-refractivity contribution in [2.75, 3.05) is 46.6 Å². The lowest BCUT2D eigenvalue weighted by Gasteiger charge is -2.26. The van der Waals surface area contributed by atoms with Crippen LogP contribution in [-0.2, 0) is 30.7 Å². The number of esters is 1. The maximum atomic E-state index is 13.0. The van der Waals surface area contributed by atoms with Crippen molar-refractivity contribution < 1.29 is 32.2 Å². The zero-order chi connectivity index (χ0) is 24.6. The number of rotatable bonds is 10. The van der Waals surface area contributed by atoms with Crippen LogP contribution >= 0.6 is 0 Å². The molecule has 1 saturated heterocycles. The Morgan fingerprint density at radius 2 is 1.79 bits per heavy atom. The third-order valence-electron chi connectivity index (χ3n) is 5.41. The van der Waals surface area contributed by atoms with E-state index >= 15 is 0 Å². The van der Waals surface area contributed by atoms with Crippen molar-refractivity contribution in [3.8, 4) is 5.75 Å². The molecule has 0 aliphatic carbocycles. The van der Waals surface area contributed by atoms with Crippen molar-refractivity contribution in [2.45, 2.75) is 24.7 Å². The second-order valence-corrected chi connectivity index (χ2v) is 9.76. The Kier molecular flexibility index (Phi) is 9.03. The minimum Gasteiger partial charge on any atom is -0.495 e. The molecule has 2 aromatic rings. The fourth-order valence-electron chi connectivity index (χ4n) is 3.45. The van der Waals surface area contributed by atoms with Gasteiger partial charge < -0.3 is 19.5 Å². The zero-order valence-electron chi connectivity index (χ0n) is 19.4. The summed E-state index contributed by atoms with van der Waals surface area (Å²) in [6, 6.07) is 12.1. The van der Waals surface area contributed by atoms with Gasteiger partial charge in [-0.2, -0.15) is 4.31 Å². The van der Waals surface area contributed by atoms with E-state index in [0.29, 0.717) is 26.1 Å². The van der Waals surface area contributed by atoms with Crippen LogP contribution in [0, 0.1) is 6.92 Å². The van der Waals surface area contributed by atoms with Crippen LogP contribution in [0.25, 0.3) is 0 Å². The van der Waals surface area contributed by atoms with Gasteiger partial charge in [0.15, 0.2) is 0 Å². The summed E-state index contributed by atoms with van der Waals surface area (Å²) in [6.07, 6.45) is 0.955. The van der Waals surface area contributed by atoms with Gasteiger partial charge in [0, 0.05) is 19.5 Å². The molecule has 0 bridgehead atoms. The Morgan fingerprint density at radius 3 is 2.47 bits per heavy atom. The summed E-state index contributed by atoms with van der Waals surface area (Å²) in [6.45, 7) is 3.20. The van der Waals surface area contributed by atoms with Gasteiger partial charge in [0.25, 0.3) is 0 Å². The number of hydrogen-bond acceptors (Lipinski definition) is 7. The van der Waals surface area contributed by atoms with Gasteiger partial charge in [-0.15, -0.1) is 0 Å². The minimum absolute atomic E-state index is 0.0350. The molecular weight excluding hydrogens is 460 g/mol. The average molecular weight is 491 g/mol. The molecule has 0 spiro atoms. The Labute approximate surface area is 200 Å². The summed E-state index contributed by atoms with van der Waals surface area (Å²) < 4.78 is 43.0. The van der Waals surface area contributed by atoms with Gasteiger partial charge in [0.2, 0.25) is 15.9 Å². The average Bonchev–Trinajstić information content (AvgIpc) is 2.86. The molecule has 184 valence electrons. The Bertz CT molecular complexity index is 1090. The lowest BCUT2D eigenvalue weighted by Crippen LogP contribution is -2.40. The smallest absolute Gasteiger partial charge is 0.338 e. The molecule has 0 atom stereocenters. The van der Waals surface area contributed by atoms with E-state index in [1.165, 1.54) is 29.6 Å². The number of benzene rings is 2. The highest BCUT2D eigenvalue weighted by atomic mass is 32.2. The Hall–Kier alpha value is -2.95. The summed E-state index contributed by atoms with van der Waals surface area (Å²) in [4.78, 5) is 24.4. The SMILES string of the molecule is COc1ccc(C(=O)OCCNC(=O)CCc2ccc(C)cc2)cc1S(=O)(=O)N1CCOCC1. The monoisotopic (exact) mass is 490 g/mol. The molecule has 1 fully saturated rings. The van der Waals surface area contributed by atoms with E-state index in [9.17, 15) is 18.0 Å². The first-order chi connectivity index (χ1) is 16.3. The summed E-state index contributed by atoms with van der Waals surface area (Å²) in [5, 5.41) is 2.72. The van der Waals surface area contributed by atoms with Crippen molar-refractivity contribution in [3.05, 3.63) is 59.2 Å². The quantitative estimate of drug-likeness (QED) is 0.400. The lowest BCUT2D eigenvalue weighted by atomic mass is 10.1. The topological polar surface area (TPSA) is 111 Å². The third kappa shape index (κ3) is 6.78. The van der Waals surface area contributed by atoms with Crippen LogP contribution in [0.2, 0.25) is 0 Å². The number of carbonyl (C=O) groups is 2. The van der Waals surface area contributed by atoms with E-state index in [2.05, 4.69) is 5.32 Å². The number of carbonyl (C=O) groups excluding carboxylic acids is 2. The standard InChI is InChI=1S/C24H30N2O7S/c1-18-3-5-19(6-4-18)7-10-23(27)25-11-14-33-24(28)20-8-9-21(31-2)22(17-20)34(29,30)26-12-15-32-16-13-26/h3-6,8-9,17H,7,10-16H2,1-2H3,(H,25,27). The predicted molar refractivity (Wildman–Crippen MR) is 125 cm³/mol. The number of ether oxygens (including phenoxy) is 3. The van der Waals surface area contributed by atoms with Crippen LogP contribution in [-0.4, -0.2) is 71.2 Å². The number of methoxy groups -OCH3 is 1. The highest BCUT2D eigenvalue weighted by Gasteiger charge is 2.30. The molecule has 0 saturated carbocycles. The number of nitrogens with one attached hydrogen (secondary N) is 1. The summed E-state index contributed by atoms with van der Waals surface area (Å²) in [5.41, 5.74) is 2.32. The molecule has 0 radical (unpaired) electrons. The van der Waals surface area contributed by atoms with E-state index < -0.39 is 16.0 Å². The van der Waals surface area contributed by atoms with Crippen LogP contribution < -0.4 is 10.1 Å². The summed E-state index contributed by atoms with van der Waals surface area (Å²) in [7, 11) is -2.50. The lowest BCUT2D eigenvalue weighted by molar-refractivity contribution is -0.121. The van der Waals surface area contributed by atoms with Crippen molar-refractivity contribution in [1.82, 2.24) is 9.62 Å². The number of sulfonamides is 1. The minimum atomic E-state index is -3.87. The van der Waals surface area contributed by atoms with E-state index in [-0.39, 0.29) is 48.4 Å². The number of nitrogens with zero attached hydrogens (tertiary/aromatic N) is 1. The Morgan fingerprint density at radius 1 is 1.09 bits per heavy atom. The second-order valence-electron chi connectivity index (χ2n) is 7.85. The molecule has 0 aromatic heterocycles. The zero-order valence-corrected chi connectivity index (χ0v) is 20.2. The van der Waals surface area contributed by atoms with E-state index in [1.807, 2.05) is 31.2 Å². The van der Waals surface area contributed by atoms with Gasteiger partial charge in [0.1, 0.15) is 17.3 Å². The highest BCUT2D eigenvalue weighted by molar-refractivity contribution is 7.89. The highest BCUT2D eigenvalue weighted by Crippen LogP contribution is 2.28. The van der Waals surface area contributed by atoms with Crippen LogP contribution in [0.15, 0.2) is 47.4 Å². The van der Waals surface area contributed by atoms with Crippen molar-refractivity contribution in [1.29, 1.82) is 0 Å². The fraction of sp³-hybridized carbons (Fsp3) is 0.417. The van der Waals surface area contributed by atoms with Gasteiger partial charge in [-0.3, -0.25) is 4.79 Å². The van der Waals surface area contributed by atoms with Gasteiger partial charge in [-0.1, -0.05) is 29.8 Å².